The lowest BCUT2D eigenvalue weighted by Crippen LogP contribution is -2.36. The van der Waals surface area contributed by atoms with Crippen LogP contribution in [0.2, 0.25) is 0 Å². The van der Waals surface area contributed by atoms with Crippen LogP contribution in [0, 0.1) is 5.41 Å². The van der Waals surface area contributed by atoms with Gasteiger partial charge >= 0.3 is 0 Å². The van der Waals surface area contributed by atoms with Crippen molar-refractivity contribution in [1.29, 1.82) is 0 Å². The highest BCUT2D eigenvalue weighted by molar-refractivity contribution is 6.00. The van der Waals surface area contributed by atoms with Crippen molar-refractivity contribution in [2.24, 2.45) is 5.41 Å². The standard InChI is InChI=1S/C20H22N6O3/c1-20(2,10-27)9-22-19(28)13-8-24-26-17(21-3)7-14(25-18(13)26)12-4-5-16-15(6-12)23-11-29-16/h4-8,11,21,27H,9-10H2,1-3H3,(H,22,28). The Balaban J connectivity index is 1.76. The molecule has 0 saturated carbocycles. The van der Waals surface area contributed by atoms with Crippen LogP contribution in [0.1, 0.15) is 24.2 Å². The van der Waals surface area contributed by atoms with Gasteiger partial charge in [0.15, 0.2) is 17.6 Å². The Labute approximate surface area is 166 Å². The van der Waals surface area contributed by atoms with E-state index < -0.39 is 5.41 Å². The maximum absolute atomic E-state index is 12.7. The fourth-order valence-electron chi connectivity index (χ4n) is 2.94. The minimum absolute atomic E-state index is 0.0289. The second kappa shape index (κ2) is 7.17. The summed E-state index contributed by atoms with van der Waals surface area (Å²) in [6.45, 7) is 4.05. The number of nitrogens with zero attached hydrogens (tertiary/aromatic N) is 4. The van der Waals surface area contributed by atoms with Gasteiger partial charge in [-0.3, -0.25) is 4.79 Å². The first-order chi connectivity index (χ1) is 13.9. The van der Waals surface area contributed by atoms with Crippen molar-refractivity contribution < 1.29 is 14.3 Å². The first kappa shape index (κ1) is 18.9. The third-order valence-corrected chi connectivity index (χ3v) is 4.75. The quantitative estimate of drug-likeness (QED) is 0.459. The molecule has 0 bridgehead atoms. The van der Waals surface area contributed by atoms with E-state index in [1.165, 1.54) is 12.6 Å². The molecule has 9 heteroatoms. The van der Waals surface area contributed by atoms with Gasteiger partial charge in [-0.25, -0.2) is 9.97 Å². The molecule has 0 aliphatic rings. The lowest BCUT2D eigenvalue weighted by atomic mass is 9.95. The van der Waals surface area contributed by atoms with Gasteiger partial charge in [0.05, 0.1) is 11.9 Å². The smallest absolute Gasteiger partial charge is 0.256 e. The van der Waals surface area contributed by atoms with Crippen molar-refractivity contribution in [2.75, 3.05) is 25.5 Å². The Hall–Kier alpha value is -3.46. The molecule has 0 atom stereocenters. The highest BCUT2D eigenvalue weighted by atomic mass is 16.3. The summed E-state index contributed by atoms with van der Waals surface area (Å²) in [4.78, 5) is 21.6. The van der Waals surface area contributed by atoms with Crippen LogP contribution in [0.3, 0.4) is 0 Å². The van der Waals surface area contributed by atoms with E-state index in [1.54, 1.807) is 11.6 Å². The van der Waals surface area contributed by atoms with Crippen LogP contribution in [0.25, 0.3) is 28.0 Å². The minimum atomic E-state index is -0.416. The number of hydrogen-bond acceptors (Lipinski definition) is 7. The topological polar surface area (TPSA) is 118 Å². The van der Waals surface area contributed by atoms with E-state index in [-0.39, 0.29) is 12.5 Å². The second-order valence-corrected chi connectivity index (χ2v) is 7.61. The van der Waals surface area contributed by atoms with Crippen LogP contribution in [-0.4, -0.2) is 50.8 Å². The molecular formula is C20H22N6O3. The number of benzene rings is 1. The molecule has 4 rings (SSSR count). The average molecular weight is 394 g/mol. The van der Waals surface area contributed by atoms with Gasteiger partial charge in [0.1, 0.15) is 16.9 Å². The summed E-state index contributed by atoms with van der Waals surface area (Å²) >= 11 is 0. The molecule has 0 unspecified atom stereocenters. The Morgan fingerprint density at radius 2 is 2.14 bits per heavy atom. The van der Waals surface area contributed by atoms with E-state index in [0.29, 0.717) is 34.9 Å². The summed E-state index contributed by atoms with van der Waals surface area (Å²) in [5.41, 5.74) is 3.33. The van der Waals surface area contributed by atoms with Gasteiger partial charge in [-0.05, 0) is 18.2 Å². The molecule has 0 saturated heterocycles. The van der Waals surface area contributed by atoms with Crippen molar-refractivity contribution in [3.8, 4) is 11.3 Å². The molecule has 150 valence electrons. The van der Waals surface area contributed by atoms with Crippen molar-refractivity contribution in [3.63, 3.8) is 0 Å². The molecule has 3 heterocycles. The molecule has 3 aromatic heterocycles. The van der Waals surface area contributed by atoms with Gasteiger partial charge in [-0.15, -0.1) is 0 Å². The van der Waals surface area contributed by atoms with E-state index in [9.17, 15) is 9.90 Å². The number of oxazole rings is 1. The highest BCUT2D eigenvalue weighted by Crippen LogP contribution is 2.26. The molecule has 0 fully saturated rings. The van der Waals surface area contributed by atoms with Crippen LogP contribution < -0.4 is 10.6 Å². The molecule has 0 aliphatic heterocycles. The molecule has 4 aromatic rings. The fourth-order valence-corrected chi connectivity index (χ4v) is 2.94. The molecule has 0 spiro atoms. The Morgan fingerprint density at radius 3 is 2.90 bits per heavy atom. The molecular weight excluding hydrogens is 372 g/mol. The zero-order valence-corrected chi connectivity index (χ0v) is 16.4. The number of nitrogens with one attached hydrogen (secondary N) is 2. The molecule has 1 amide bonds. The average Bonchev–Trinajstić information content (AvgIpc) is 3.37. The predicted octanol–water partition coefficient (Wildman–Crippen LogP) is 2.33. The van der Waals surface area contributed by atoms with Crippen LogP contribution in [0.15, 0.2) is 41.3 Å². The number of fused-ring (bicyclic) bond motifs is 2. The number of hydrogen-bond donors (Lipinski definition) is 3. The first-order valence-electron chi connectivity index (χ1n) is 9.21. The van der Waals surface area contributed by atoms with Gasteiger partial charge in [0.25, 0.3) is 5.91 Å². The Kier molecular flexibility index (Phi) is 4.67. The van der Waals surface area contributed by atoms with Gasteiger partial charge < -0.3 is 20.2 Å². The number of anilines is 1. The normalized spacial score (nSPS) is 11.9. The van der Waals surface area contributed by atoms with Crippen LogP contribution in [0.4, 0.5) is 5.82 Å². The zero-order chi connectivity index (χ0) is 20.6. The van der Waals surface area contributed by atoms with Gasteiger partial charge in [-0.1, -0.05) is 13.8 Å². The van der Waals surface area contributed by atoms with E-state index in [2.05, 4.69) is 25.7 Å². The third kappa shape index (κ3) is 3.52. The molecule has 29 heavy (non-hydrogen) atoms. The maximum Gasteiger partial charge on any atom is 0.256 e. The molecule has 1 aromatic carbocycles. The number of aromatic nitrogens is 4. The Bertz CT molecular complexity index is 1190. The maximum atomic E-state index is 12.7. The van der Waals surface area contributed by atoms with Crippen molar-refractivity contribution in [2.45, 2.75) is 13.8 Å². The summed E-state index contributed by atoms with van der Waals surface area (Å²) in [5, 5.41) is 19.6. The molecule has 3 N–H and O–H groups in total. The minimum Gasteiger partial charge on any atom is -0.443 e. The van der Waals surface area contributed by atoms with E-state index in [1.807, 2.05) is 38.1 Å². The van der Waals surface area contributed by atoms with Crippen LogP contribution in [-0.2, 0) is 0 Å². The lowest BCUT2D eigenvalue weighted by Gasteiger charge is -2.21. The molecule has 0 aliphatic carbocycles. The summed E-state index contributed by atoms with van der Waals surface area (Å²) in [7, 11) is 1.78. The van der Waals surface area contributed by atoms with Crippen LogP contribution >= 0.6 is 0 Å². The third-order valence-electron chi connectivity index (χ3n) is 4.75. The second-order valence-electron chi connectivity index (χ2n) is 7.61. The monoisotopic (exact) mass is 394 g/mol. The highest BCUT2D eigenvalue weighted by Gasteiger charge is 2.21. The van der Waals surface area contributed by atoms with Gasteiger partial charge in [-0.2, -0.15) is 9.61 Å². The van der Waals surface area contributed by atoms with Gasteiger partial charge in [0.2, 0.25) is 0 Å². The predicted molar refractivity (Wildman–Crippen MR) is 109 cm³/mol. The van der Waals surface area contributed by atoms with Gasteiger partial charge in [0, 0.05) is 37.2 Å². The van der Waals surface area contributed by atoms with E-state index in [4.69, 9.17) is 4.42 Å². The number of amides is 1. The number of carbonyl (C=O) groups is 1. The summed E-state index contributed by atoms with van der Waals surface area (Å²) in [6.07, 6.45) is 2.90. The van der Waals surface area contributed by atoms with E-state index in [0.717, 1.165) is 11.1 Å². The summed E-state index contributed by atoms with van der Waals surface area (Å²) < 4.78 is 6.88. The number of aliphatic hydroxyl groups is 1. The van der Waals surface area contributed by atoms with Crippen molar-refractivity contribution >= 4 is 28.5 Å². The zero-order valence-electron chi connectivity index (χ0n) is 16.4. The van der Waals surface area contributed by atoms with Crippen molar-refractivity contribution in [1.82, 2.24) is 24.9 Å². The molecule has 9 nitrogen and oxygen atoms in total. The van der Waals surface area contributed by atoms with Crippen LogP contribution in [0.5, 0.6) is 0 Å². The van der Waals surface area contributed by atoms with E-state index >= 15 is 0 Å². The SMILES string of the molecule is CNc1cc(-c2ccc3ocnc3c2)nc2c(C(=O)NCC(C)(C)CO)cnn12. The Morgan fingerprint density at radius 1 is 1.31 bits per heavy atom. The van der Waals surface area contributed by atoms with Crippen molar-refractivity contribution in [3.05, 3.63) is 42.4 Å². The molecule has 0 radical (unpaired) electrons. The lowest BCUT2D eigenvalue weighted by molar-refractivity contribution is 0.0912. The summed E-state index contributed by atoms with van der Waals surface area (Å²) in [5.74, 6) is 0.403. The number of carbonyl (C=O) groups excluding carboxylic acids is 1. The fraction of sp³-hybridized carbons (Fsp3) is 0.300. The summed E-state index contributed by atoms with van der Waals surface area (Å²) in [6, 6.07) is 7.48. The largest absolute Gasteiger partial charge is 0.443 e. The number of aliphatic hydroxyl groups excluding tert-OH is 1. The first-order valence-corrected chi connectivity index (χ1v) is 9.21. The number of rotatable bonds is 6.